The summed E-state index contributed by atoms with van der Waals surface area (Å²) in [6, 6.07) is -14.0. The molecule has 24 nitrogen and oxygen atoms in total. The van der Waals surface area contributed by atoms with Crippen LogP contribution in [0.5, 0.6) is 0 Å². The monoisotopic (exact) mass is 1230 g/mol. The largest absolute Gasteiger partial charge is 0.459 e. The first-order valence-electron chi connectivity index (χ1n) is 31.0. The van der Waals surface area contributed by atoms with Crippen molar-refractivity contribution in [3.8, 4) is 0 Å². The van der Waals surface area contributed by atoms with Crippen LogP contribution in [-0.2, 0) is 57.5 Å². The van der Waals surface area contributed by atoms with E-state index < -0.39 is 168 Å². The molecule has 1 aliphatic heterocycles. The second-order valence-corrected chi connectivity index (χ2v) is 26.1. The molecule has 87 heavy (non-hydrogen) atoms. The zero-order valence-corrected chi connectivity index (χ0v) is 57.2. The Morgan fingerprint density at radius 1 is 0.552 bits per heavy atom. The first-order chi connectivity index (χ1) is 40.1. The van der Waals surface area contributed by atoms with Crippen LogP contribution in [0.15, 0.2) is 12.2 Å². The second kappa shape index (κ2) is 35.4. The van der Waals surface area contributed by atoms with Gasteiger partial charge in [0.15, 0.2) is 5.78 Å². The molecule has 4 N–H and O–H groups in total. The normalized spacial score (nSPS) is 26.5. The number of ether oxygens (including phenoxy) is 1. The Morgan fingerprint density at radius 3 is 1.49 bits per heavy atom. The molecule has 0 saturated carbocycles. The van der Waals surface area contributed by atoms with Crippen LogP contribution in [0.1, 0.15) is 164 Å². The molecule has 496 valence electrons. The van der Waals surface area contributed by atoms with Gasteiger partial charge in [0.25, 0.3) is 0 Å². The first-order valence-corrected chi connectivity index (χ1v) is 31.0. The summed E-state index contributed by atoms with van der Waals surface area (Å²) < 4.78 is 5.91. The lowest BCUT2D eigenvalue weighted by atomic mass is 9.91. The molecule has 1 fully saturated rings. The summed E-state index contributed by atoms with van der Waals surface area (Å²) in [7, 11) is 8.41. The Balaban J connectivity index is 4.40. The number of esters is 1. The number of hydrogen-bond donors (Lipinski definition) is 4. The topological polar surface area (TPSA) is 285 Å². The van der Waals surface area contributed by atoms with Gasteiger partial charge in [0.2, 0.25) is 53.2 Å². The highest BCUT2D eigenvalue weighted by Crippen LogP contribution is 2.27. The van der Waals surface area contributed by atoms with Crippen LogP contribution in [-0.4, -0.2) is 227 Å². The molecule has 11 amide bonds. The predicted molar refractivity (Wildman–Crippen MR) is 334 cm³/mol. The molecule has 0 spiro atoms. The van der Waals surface area contributed by atoms with Gasteiger partial charge in [-0.2, -0.15) is 0 Å². The molecule has 1 rings (SSSR count). The minimum absolute atomic E-state index is 0.00562. The number of likely N-dealkylation sites (N-methyl/N-ethyl adjacent to an activating group) is 6. The smallest absolute Gasteiger partial charge is 0.321 e. The third-order valence-corrected chi connectivity index (χ3v) is 16.1. The molecule has 0 aliphatic carbocycles. The fraction of sp³-hybridized carbons (Fsp3) is 0.778. The van der Waals surface area contributed by atoms with E-state index in [2.05, 4.69) is 21.3 Å². The summed E-state index contributed by atoms with van der Waals surface area (Å²) in [5, 5.41) is 11.0. The van der Waals surface area contributed by atoms with Gasteiger partial charge >= 0.3 is 12.0 Å². The van der Waals surface area contributed by atoms with Gasteiger partial charge < -0.3 is 60.3 Å². The number of carbonyl (C=O) groups is 12. The third-order valence-electron chi connectivity index (χ3n) is 16.1. The summed E-state index contributed by atoms with van der Waals surface area (Å²) in [5.74, 6) is -9.65. The van der Waals surface area contributed by atoms with Gasteiger partial charge in [-0.15, -0.1) is 0 Å². The molecule has 0 bridgehead atoms. The number of hydrogen-bond acceptors (Lipinski definition) is 13. The quantitative estimate of drug-likeness (QED) is 0.132. The fourth-order valence-corrected chi connectivity index (χ4v) is 11.0. The Bertz CT molecular complexity index is 2430. The minimum Gasteiger partial charge on any atom is -0.459 e. The van der Waals surface area contributed by atoms with Crippen LogP contribution >= 0.6 is 0 Å². The fourth-order valence-electron chi connectivity index (χ4n) is 11.0. The average Bonchev–Trinajstić information content (AvgIpc) is 1.69. The van der Waals surface area contributed by atoms with E-state index in [9.17, 15) is 43.2 Å². The Morgan fingerprint density at radius 2 is 1.03 bits per heavy atom. The maximum Gasteiger partial charge on any atom is 0.321 e. The molecule has 0 aromatic carbocycles. The van der Waals surface area contributed by atoms with E-state index in [4.69, 9.17) is 4.74 Å². The van der Waals surface area contributed by atoms with E-state index in [1.807, 2.05) is 47.6 Å². The SMILES string of the molecule is C/C=C/C[C@@H](C)[C@@H](OC(C)=O)[C@H]1C(=O)N[C@@H](CC)C(=O)N(C)CC(=O)N(C)[C@@H](CC(C)C)C(=O)N[C@@H](C(C)C)C(=O)N(C)[C@@H](CC(C)C)C(=O)N[C@@H](C)C(=O)N[C@H](C)C(=O)N(C)[C@H](CC(C)C)C(=O)N(C)[C@@H](C(C)C)C(=O)C(C)N(C(C)C)C(=O)N1C. The Hall–Kier alpha value is -6.62. The highest BCUT2D eigenvalue weighted by atomic mass is 16.5. The summed E-state index contributed by atoms with van der Waals surface area (Å²) in [6.07, 6.45) is 3.00. The maximum atomic E-state index is 15.3. The molecule has 12 atom stereocenters. The van der Waals surface area contributed by atoms with Crippen LogP contribution < -0.4 is 21.3 Å². The van der Waals surface area contributed by atoms with Gasteiger partial charge in [-0.05, 0) is 109 Å². The van der Waals surface area contributed by atoms with Gasteiger partial charge in [0, 0.05) is 55.3 Å². The number of nitrogens with one attached hydrogen (secondary N) is 4. The van der Waals surface area contributed by atoms with Crippen molar-refractivity contribution in [3.05, 3.63) is 12.2 Å². The number of carbonyl (C=O) groups excluding carboxylic acids is 12. The van der Waals surface area contributed by atoms with Crippen molar-refractivity contribution < 1.29 is 62.3 Å². The van der Waals surface area contributed by atoms with Crippen molar-refractivity contribution in [1.82, 2.24) is 55.6 Å². The summed E-state index contributed by atoms with van der Waals surface area (Å²) in [5.41, 5.74) is 0. The molecule has 1 heterocycles. The van der Waals surface area contributed by atoms with Crippen molar-refractivity contribution in [3.63, 3.8) is 0 Å². The lowest BCUT2D eigenvalue weighted by Gasteiger charge is -2.43. The third kappa shape index (κ3) is 21.9. The highest BCUT2D eigenvalue weighted by Gasteiger charge is 2.47. The zero-order chi connectivity index (χ0) is 67.6. The van der Waals surface area contributed by atoms with Gasteiger partial charge in [-0.1, -0.05) is 95.2 Å². The van der Waals surface area contributed by atoms with Crippen molar-refractivity contribution in [1.29, 1.82) is 0 Å². The van der Waals surface area contributed by atoms with Crippen LogP contribution in [0.2, 0.25) is 0 Å². The van der Waals surface area contributed by atoms with Gasteiger partial charge in [0.1, 0.15) is 54.4 Å². The number of nitrogens with zero attached hydrogens (tertiary/aromatic N) is 7. The van der Waals surface area contributed by atoms with E-state index >= 15 is 14.4 Å². The zero-order valence-electron chi connectivity index (χ0n) is 57.2. The minimum atomic E-state index is -1.62. The van der Waals surface area contributed by atoms with Gasteiger partial charge in [-0.25, -0.2) is 4.79 Å². The molecular weight excluding hydrogens is 1120 g/mol. The van der Waals surface area contributed by atoms with Gasteiger partial charge in [-0.3, -0.25) is 52.7 Å². The molecule has 0 aromatic rings. The lowest BCUT2D eigenvalue weighted by Crippen LogP contribution is -2.64. The van der Waals surface area contributed by atoms with Crippen molar-refractivity contribution in [2.45, 2.75) is 236 Å². The molecule has 1 aliphatic rings. The predicted octanol–water partition coefficient (Wildman–Crippen LogP) is 4.23. The molecule has 24 heteroatoms. The van der Waals surface area contributed by atoms with E-state index in [1.54, 1.807) is 68.4 Å². The van der Waals surface area contributed by atoms with E-state index in [1.165, 1.54) is 87.6 Å². The standard InChI is InChI=1S/C63H111N11O13/c1-26-28-29-40(15)54(87-44(19)75)52-58(81)66-45(27-2)60(83)68(20)33-49(76)69(21)46(30-34(3)4)57(80)67-50(37(9)10)62(85)70(22)47(31-35(5)6)56(79)64-41(16)55(78)65-42(17)59(82)71(23)48(32-36(7)8)61(84)72(24)51(38(11)12)53(77)43(18)74(39(13)14)63(86)73(52)25/h26,28,34-43,45-48,50-52,54H,27,29-33H2,1-25H3,(H,64,79)(H,65,78)(H,66,81)(H,67,80)/b28-26+/t40-,41+,42-,43?,45+,46+,47+,48-,50+,51+,52+,54-/m1/s1. The molecule has 0 aromatic heterocycles. The van der Waals surface area contributed by atoms with E-state index in [0.29, 0.717) is 0 Å². The van der Waals surface area contributed by atoms with Crippen molar-refractivity contribution >= 4 is 70.9 Å². The summed E-state index contributed by atoms with van der Waals surface area (Å²) in [6.45, 7) is 31.6. The molecule has 0 radical (unpaired) electrons. The van der Waals surface area contributed by atoms with E-state index in [-0.39, 0.29) is 49.9 Å². The average molecular weight is 1230 g/mol. The van der Waals surface area contributed by atoms with Crippen LogP contribution in [0.25, 0.3) is 0 Å². The van der Waals surface area contributed by atoms with Crippen LogP contribution in [0.4, 0.5) is 4.79 Å². The number of urea groups is 1. The number of rotatable bonds is 15. The number of Topliss-reactive ketones (excluding diaryl/α,β-unsaturated/α-hetero) is 1. The van der Waals surface area contributed by atoms with Crippen LogP contribution in [0.3, 0.4) is 0 Å². The number of allylic oxidation sites excluding steroid dienone is 2. The highest BCUT2D eigenvalue weighted by molar-refractivity contribution is 6.00. The Labute approximate surface area is 519 Å². The van der Waals surface area contributed by atoms with Crippen molar-refractivity contribution in [2.75, 3.05) is 48.8 Å². The second-order valence-electron chi connectivity index (χ2n) is 26.1. The van der Waals surface area contributed by atoms with Gasteiger partial charge in [0.05, 0.1) is 18.6 Å². The lowest BCUT2D eigenvalue weighted by molar-refractivity contribution is -0.156. The number of amides is 11. The Kier molecular flexibility index (Phi) is 31.9. The van der Waals surface area contributed by atoms with Crippen molar-refractivity contribution in [2.24, 2.45) is 35.5 Å². The first kappa shape index (κ1) is 78.4. The van der Waals surface area contributed by atoms with Crippen LogP contribution in [0, 0.1) is 35.5 Å². The van der Waals surface area contributed by atoms with E-state index in [0.717, 1.165) is 16.7 Å². The summed E-state index contributed by atoms with van der Waals surface area (Å²) >= 11 is 0. The maximum absolute atomic E-state index is 15.3. The summed E-state index contributed by atoms with van der Waals surface area (Å²) in [4.78, 5) is 182. The molecule has 1 saturated heterocycles. The molecule has 1 unspecified atom stereocenters. The number of ketones is 1. The molecular formula is C63H111N11O13.